The van der Waals surface area contributed by atoms with Crippen molar-refractivity contribution >= 4 is 10.9 Å². The molecule has 0 spiro atoms. The topological polar surface area (TPSA) is 42.1 Å². The molecule has 1 aliphatic rings. The number of rotatable bonds is 0. The van der Waals surface area contributed by atoms with Gasteiger partial charge in [0.15, 0.2) is 5.43 Å². The Morgan fingerprint density at radius 1 is 1.21 bits per heavy atom. The molecular formula is C11H9NO2. The molecule has 0 unspecified atom stereocenters. The molecule has 0 fully saturated rings. The summed E-state index contributed by atoms with van der Waals surface area (Å²) in [5.41, 5.74) is 2.70. The van der Waals surface area contributed by atoms with Crippen molar-refractivity contribution < 1.29 is 4.74 Å². The van der Waals surface area contributed by atoms with Crippen molar-refractivity contribution in [3.8, 4) is 0 Å². The molecule has 1 aliphatic heterocycles. The predicted octanol–water partition coefficient (Wildman–Crippen LogP) is 1.56. The summed E-state index contributed by atoms with van der Waals surface area (Å²) in [6.45, 7) is 0.963. The van der Waals surface area contributed by atoms with E-state index in [0.29, 0.717) is 13.2 Å². The Morgan fingerprint density at radius 3 is 3.00 bits per heavy atom. The average molecular weight is 187 g/mol. The molecule has 1 aromatic carbocycles. The van der Waals surface area contributed by atoms with E-state index in [1.165, 1.54) is 0 Å². The zero-order chi connectivity index (χ0) is 9.54. The minimum absolute atomic E-state index is 0.104. The molecule has 0 saturated heterocycles. The molecule has 3 nitrogen and oxygen atoms in total. The van der Waals surface area contributed by atoms with Crippen LogP contribution in [0, 0.1) is 0 Å². The third-order valence-electron chi connectivity index (χ3n) is 2.59. The highest BCUT2D eigenvalue weighted by Gasteiger charge is 2.16. The van der Waals surface area contributed by atoms with E-state index in [1.807, 2.05) is 24.3 Å². The monoisotopic (exact) mass is 187 g/mol. The van der Waals surface area contributed by atoms with Gasteiger partial charge in [0.1, 0.15) is 0 Å². The molecule has 0 aliphatic carbocycles. The number of fused-ring (bicyclic) bond motifs is 2. The van der Waals surface area contributed by atoms with E-state index in [4.69, 9.17) is 4.74 Å². The molecule has 0 radical (unpaired) electrons. The molecule has 14 heavy (non-hydrogen) atoms. The molecular weight excluding hydrogens is 178 g/mol. The Kier molecular flexibility index (Phi) is 1.49. The Hall–Kier alpha value is -1.61. The first-order valence-electron chi connectivity index (χ1n) is 4.57. The third-order valence-corrected chi connectivity index (χ3v) is 2.59. The summed E-state index contributed by atoms with van der Waals surface area (Å²) in [6, 6.07) is 7.54. The molecule has 0 saturated carbocycles. The van der Waals surface area contributed by atoms with Gasteiger partial charge in [0.25, 0.3) is 0 Å². The number of hydrogen-bond donors (Lipinski definition) is 1. The van der Waals surface area contributed by atoms with Gasteiger partial charge in [-0.2, -0.15) is 0 Å². The lowest BCUT2D eigenvalue weighted by molar-refractivity contribution is 0.133. The standard InChI is InChI=1S/C11H9NO2/c13-11-7-3-1-2-4-9(7)12-10-6-14-5-8(10)11/h1-4H,5-6H2,(H,12,13). The van der Waals surface area contributed by atoms with Gasteiger partial charge in [-0.3, -0.25) is 4.79 Å². The number of hydrogen-bond acceptors (Lipinski definition) is 2. The average Bonchev–Trinajstić information content (AvgIpc) is 2.66. The highest BCUT2D eigenvalue weighted by Crippen LogP contribution is 2.17. The second kappa shape index (κ2) is 2.69. The Bertz CT molecular complexity index is 557. The van der Waals surface area contributed by atoms with E-state index >= 15 is 0 Å². The molecule has 0 amide bonds. The predicted molar refractivity (Wildman–Crippen MR) is 53.1 cm³/mol. The number of ether oxygens (including phenoxy) is 1. The minimum atomic E-state index is 0.104. The van der Waals surface area contributed by atoms with Crippen molar-refractivity contribution in [2.75, 3.05) is 0 Å². The summed E-state index contributed by atoms with van der Waals surface area (Å²) in [5, 5.41) is 0.747. The molecule has 70 valence electrons. The number of pyridine rings is 1. The van der Waals surface area contributed by atoms with Gasteiger partial charge < -0.3 is 9.72 Å². The number of aromatic nitrogens is 1. The molecule has 2 aromatic rings. The van der Waals surface area contributed by atoms with Gasteiger partial charge in [-0.25, -0.2) is 0 Å². The second-order valence-corrected chi connectivity index (χ2v) is 3.45. The van der Waals surface area contributed by atoms with E-state index in [-0.39, 0.29) is 5.43 Å². The molecule has 3 rings (SSSR count). The first kappa shape index (κ1) is 7.76. The van der Waals surface area contributed by atoms with Crippen LogP contribution >= 0.6 is 0 Å². The van der Waals surface area contributed by atoms with Gasteiger partial charge in [0.2, 0.25) is 0 Å². The zero-order valence-electron chi connectivity index (χ0n) is 7.54. The lowest BCUT2D eigenvalue weighted by atomic mass is 10.1. The molecule has 2 heterocycles. The highest BCUT2D eigenvalue weighted by molar-refractivity contribution is 5.79. The van der Waals surface area contributed by atoms with Crippen LogP contribution in [0.3, 0.4) is 0 Å². The van der Waals surface area contributed by atoms with Gasteiger partial charge >= 0.3 is 0 Å². The maximum Gasteiger partial charge on any atom is 0.195 e. The van der Waals surface area contributed by atoms with E-state index in [9.17, 15) is 4.79 Å². The van der Waals surface area contributed by atoms with Crippen LogP contribution in [0.4, 0.5) is 0 Å². The number of nitrogens with one attached hydrogen (secondary N) is 1. The lowest BCUT2D eigenvalue weighted by Gasteiger charge is -2.00. The van der Waals surface area contributed by atoms with E-state index in [2.05, 4.69) is 4.98 Å². The minimum Gasteiger partial charge on any atom is -0.370 e. The number of aromatic amines is 1. The summed E-state index contributed by atoms with van der Waals surface area (Å²) < 4.78 is 5.24. The van der Waals surface area contributed by atoms with Crippen LogP contribution in [0.2, 0.25) is 0 Å². The zero-order valence-corrected chi connectivity index (χ0v) is 7.54. The number of benzene rings is 1. The Morgan fingerprint density at radius 2 is 2.07 bits per heavy atom. The normalized spacial score (nSPS) is 14.6. The molecule has 1 aromatic heterocycles. The number of H-pyrrole nitrogens is 1. The molecule has 3 heteroatoms. The summed E-state index contributed by atoms with van der Waals surface area (Å²) in [5.74, 6) is 0. The van der Waals surface area contributed by atoms with Crippen LogP contribution in [0.1, 0.15) is 11.3 Å². The van der Waals surface area contributed by atoms with E-state index in [1.54, 1.807) is 0 Å². The van der Waals surface area contributed by atoms with Crippen molar-refractivity contribution in [3.05, 3.63) is 45.7 Å². The van der Waals surface area contributed by atoms with Crippen LogP contribution in [-0.2, 0) is 18.0 Å². The first-order chi connectivity index (χ1) is 6.86. The fraction of sp³-hybridized carbons (Fsp3) is 0.182. The van der Waals surface area contributed by atoms with Crippen LogP contribution in [-0.4, -0.2) is 4.98 Å². The maximum atomic E-state index is 11.9. The van der Waals surface area contributed by atoms with Crippen LogP contribution in [0.15, 0.2) is 29.1 Å². The highest BCUT2D eigenvalue weighted by atomic mass is 16.5. The van der Waals surface area contributed by atoms with Crippen molar-refractivity contribution in [2.24, 2.45) is 0 Å². The summed E-state index contributed by atoms with van der Waals surface area (Å²) >= 11 is 0. The van der Waals surface area contributed by atoms with E-state index < -0.39 is 0 Å². The van der Waals surface area contributed by atoms with Crippen molar-refractivity contribution in [1.82, 2.24) is 4.98 Å². The Labute approximate surface area is 80.3 Å². The van der Waals surface area contributed by atoms with Crippen molar-refractivity contribution in [1.29, 1.82) is 0 Å². The quantitative estimate of drug-likeness (QED) is 0.680. The summed E-state index contributed by atoms with van der Waals surface area (Å²) in [7, 11) is 0. The van der Waals surface area contributed by atoms with Crippen molar-refractivity contribution in [2.45, 2.75) is 13.2 Å². The second-order valence-electron chi connectivity index (χ2n) is 3.45. The first-order valence-corrected chi connectivity index (χ1v) is 4.57. The fourth-order valence-electron chi connectivity index (χ4n) is 1.86. The summed E-state index contributed by atoms with van der Waals surface area (Å²) in [6.07, 6.45) is 0. The van der Waals surface area contributed by atoms with Gasteiger partial charge in [-0.1, -0.05) is 12.1 Å². The van der Waals surface area contributed by atoms with Gasteiger partial charge in [-0.05, 0) is 12.1 Å². The summed E-state index contributed by atoms with van der Waals surface area (Å²) in [4.78, 5) is 15.1. The molecule has 0 atom stereocenters. The largest absolute Gasteiger partial charge is 0.370 e. The third kappa shape index (κ3) is 0.930. The van der Waals surface area contributed by atoms with Gasteiger partial charge in [0.05, 0.1) is 18.9 Å². The lowest BCUT2D eigenvalue weighted by Crippen LogP contribution is -2.10. The smallest absolute Gasteiger partial charge is 0.195 e. The van der Waals surface area contributed by atoms with Crippen LogP contribution in [0.5, 0.6) is 0 Å². The van der Waals surface area contributed by atoms with Gasteiger partial charge in [0, 0.05) is 16.5 Å². The Balaban J connectivity index is 2.50. The number of para-hydroxylation sites is 1. The van der Waals surface area contributed by atoms with Crippen molar-refractivity contribution in [3.63, 3.8) is 0 Å². The van der Waals surface area contributed by atoms with Crippen LogP contribution in [0.25, 0.3) is 10.9 Å². The van der Waals surface area contributed by atoms with Crippen LogP contribution < -0.4 is 5.43 Å². The SMILES string of the molecule is O=c1c2c([nH]c3ccccc13)COC2. The maximum absolute atomic E-state index is 11.9. The fourth-order valence-corrected chi connectivity index (χ4v) is 1.86. The molecule has 1 N–H and O–H groups in total. The van der Waals surface area contributed by atoms with Gasteiger partial charge in [-0.15, -0.1) is 0 Å². The molecule has 0 bridgehead atoms. The van der Waals surface area contributed by atoms with E-state index in [0.717, 1.165) is 22.2 Å².